The summed E-state index contributed by atoms with van der Waals surface area (Å²) in [5.41, 5.74) is 7.08. The number of para-hydroxylation sites is 2. The first kappa shape index (κ1) is 17.2. The molecule has 122 valence electrons. The van der Waals surface area contributed by atoms with E-state index in [9.17, 15) is 0 Å². The number of allylic oxidation sites excluding steroid dienone is 5. The molecule has 1 heterocycles. The molecule has 2 heteroatoms. The molecule has 0 fully saturated rings. The van der Waals surface area contributed by atoms with E-state index in [1.807, 2.05) is 42.5 Å². The smallest absolute Gasteiger partial charge is 0.657 e. The third-order valence-corrected chi connectivity index (χ3v) is 4.09. The number of rotatable bonds is 0. The Bertz CT molecular complexity index is 852. The van der Waals surface area contributed by atoms with Crippen LogP contribution >= 0.6 is 0 Å². The maximum atomic E-state index is 4.75. The molecule has 0 saturated carbocycles. The fourth-order valence-electron chi connectivity index (χ4n) is 3.01. The molecule has 1 aliphatic carbocycles. The van der Waals surface area contributed by atoms with Crippen LogP contribution in [0.3, 0.4) is 0 Å². The van der Waals surface area contributed by atoms with Gasteiger partial charge in [-0.25, -0.2) is 12.1 Å². The van der Waals surface area contributed by atoms with Gasteiger partial charge in [0.15, 0.2) is 0 Å². The first-order chi connectivity index (χ1) is 11.9. The second-order valence-corrected chi connectivity index (χ2v) is 5.66. The molecule has 25 heavy (non-hydrogen) atoms. The molecule has 0 bridgehead atoms. The number of hydrogen-bond acceptors (Lipinski definition) is 0. The maximum Gasteiger partial charge on any atom is 2.00 e. The van der Waals surface area contributed by atoms with Crippen molar-refractivity contribution in [3.63, 3.8) is 0 Å². The molecule has 0 spiro atoms. The number of fused-ring (bicyclic) bond motifs is 2. The minimum absolute atomic E-state index is 0. The Morgan fingerprint density at radius 2 is 1.16 bits per heavy atom. The number of benzene rings is 2. The molecule has 2 aliphatic rings. The van der Waals surface area contributed by atoms with Gasteiger partial charge in [-0.2, -0.15) is 18.2 Å². The first-order valence-corrected chi connectivity index (χ1v) is 8.10. The molecule has 0 amide bonds. The van der Waals surface area contributed by atoms with E-state index in [-0.39, 0.29) is 17.1 Å². The van der Waals surface area contributed by atoms with E-state index in [0.29, 0.717) is 0 Å². The summed E-state index contributed by atoms with van der Waals surface area (Å²) in [6.45, 7) is 0. The minimum Gasteiger partial charge on any atom is -0.657 e. The van der Waals surface area contributed by atoms with E-state index >= 15 is 0 Å². The van der Waals surface area contributed by atoms with Crippen LogP contribution in [0.1, 0.15) is 11.1 Å². The van der Waals surface area contributed by atoms with Gasteiger partial charge in [-0.15, -0.1) is 11.4 Å². The van der Waals surface area contributed by atoms with Crippen molar-refractivity contribution in [1.29, 1.82) is 0 Å². The van der Waals surface area contributed by atoms with Crippen LogP contribution in [0.5, 0.6) is 0 Å². The normalized spacial score (nSPS) is 13.1. The molecule has 0 aromatic heterocycles. The predicted octanol–water partition coefficient (Wildman–Crippen LogP) is 6.67. The van der Waals surface area contributed by atoms with Crippen molar-refractivity contribution in [2.75, 3.05) is 0 Å². The first-order valence-electron chi connectivity index (χ1n) is 8.10. The van der Waals surface area contributed by atoms with Crippen LogP contribution in [-0.4, -0.2) is 0 Å². The molecular formula is C23H17FeN. The fraction of sp³-hybridized carbons (Fsp3) is 0. The summed E-state index contributed by atoms with van der Waals surface area (Å²) in [5, 5.41) is 4.75. The summed E-state index contributed by atoms with van der Waals surface area (Å²) < 4.78 is 0. The average molecular weight is 363 g/mol. The Morgan fingerprint density at radius 1 is 0.640 bits per heavy atom. The molecule has 3 aromatic rings. The predicted molar refractivity (Wildman–Crippen MR) is 102 cm³/mol. The van der Waals surface area contributed by atoms with Gasteiger partial charge < -0.3 is 5.32 Å². The van der Waals surface area contributed by atoms with Crippen LogP contribution in [-0.2, 0) is 17.1 Å². The Morgan fingerprint density at radius 3 is 1.64 bits per heavy atom. The molecular weight excluding hydrogens is 346 g/mol. The van der Waals surface area contributed by atoms with E-state index in [1.165, 1.54) is 22.3 Å². The van der Waals surface area contributed by atoms with Gasteiger partial charge in [0.25, 0.3) is 0 Å². The molecule has 1 aliphatic heterocycles. The Labute approximate surface area is 159 Å². The van der Waals surface area contributed by atoms with Crippen molar-refractivity contribution < 1.29 is 17.1 Å². The van der Waals surface area contributed by atoms with E-state index in [2.05, 4.69) is 60.7 Å². The monoisotopic (exact) mass is 363 g/mol. The van der Waals surface area contributed by atoms with Crippen LogP contribution in [0.15, 0.2) is 109 Å². The molecule has 0 saturated heterocycles. The van der Waals surface area contributed by atoms with Crippen molar-refractivity contribution in [2.45, 2.75) is 0 Å². The summed E-state index contributed by atoms with van der Waals surface area (Å²) in [5.74, 6) is 0. The molecule has 0 atom stereocenters. The largest absolute Gasteiger partial charge is 2.00 e. The molecule has 0 unspecified atom stereocenters. The van der Waals surface area contributed by atoms with Gasteiger partial charge in [0.2, 0.25) is 0 Å². The van der Waals surface area contributed by atoms with E-state index in [4.69, 9.17) is 5.32 Å². The molecule has 3 aromatic carbocycles. The zero-order chi connectivity index (χ0) is 16.2. The van der Waals surface area contributed by atoms with Crippen molar-refractivity contribution in [3.05, 3.63) is 125 Å². The van der Waals surface area contributed by atoms with Crippen molar-refractivity contribution in [1.82, 2.24) is 0 Å². The summed E-state index contributed by atoms with van der Waals surface area (Å²) in [6.07, 6.45) is 8.49. The van der Waals surface area contributed by atoms with Gasteiger partial charge in [0.05, 0.1) is 0 Å². The van der Waals surface area contributed by atoms with Gasteiger partial charge in [0, 0.05) is 0 Å². The fourth-order valence-corrected chi connectivity index (χ4v) is 3.01. The quantitative estimate of drug-likeness (QED) is 0.245. The van der Waals surface area contributed by atoms with Crippen LogP contribution in [0.4, 0.5) is 11.4 Å². The third kappa shape index (κ3) is 3.56. The minimum atomic E-state index is 0. The van der Waals surface area contributed by atoms with Crippen LogP contribution in [0, 0.1) is 0 Å². The van der Waals surface area contributed by atoms with Gasteiger partial charge in [-0.05, 0) is 22.3 Å². The molecule has 5 rings (SSSR count). The van der Waals surface area contributed by atoms with Crippen LogP contribution in [0.2, 0.25) is 0 Å². The third-order valence-electron chi connectivity index (χ3n) is 4.09. The second-order valence-electron chi connectivity index (χ2n) is 5.66. The average Bonchev–Trinajstić information content (AvgIpc) is 3.35. The zero-order valence-corrected chi connectivity index (χ0v) is 14.7. The van der Waals surface area contributed by atoms with Crippen molar-refractivity contribution in [2.24, 2.45) is 0 Å². The van der Waals surface area contributed by atoms with Crippen molar-refractivity contribution >= 4 is 16.9 Å². The summed E-state index contributed by atoms with van der Waals surface area (Å²) >= 11 is 0. The summed E-state index contributed by atoms with van der Waals surface area (Å²) in [7, 11) is 0. The van der Waals surface area contributed by atoms with E-state index in [1.54, 1.807) is 0 Å². The summed E-state index contributed by atoms with van der Waals surface area (Å²) in [6, 6.07) is 26.7. The molecule has 0 radical (unpaired) electrons. The van der Waals surface area contributed by atoms with Gasteiger partial charge in [-0.3, -0.25) is 0 Å². The Hall–Kier alpha value is -2.67. The van der Waals surface area contributed by atoms with E-state index in [0.717, 1.165) is 11.4 Å². The number of nitrogens with zero attached hydrogens (tertiary/aromatic N) is 1. The Balaban J connectivity index is 0.000000264. The zero-order valence-electron chi connectivity index (χ0n) is 13.6. The van der Waals surface area contributed by atoms with Gasteiger partial charge in [0.1, 0.15) is 0 Å². The van der Waals surface area contributed by atoms with Crippen LogP contribution in [0.25, 0.3) is 10.9 Å². The summed E-state index contributed by atoms with van der Waals surface area (Å²) in [4.78, 5) is 0. The maximum absolute atomic E-state index is 4.75. The molecule has 1 nitrogen and oxygen atoms in total. The number of hydrogen-bond donors (Lipinski definition) is 0. The van der Waals surface area contributed by atoms with Crippen molar-refractivity contribution in [3.8, 4) is 0 Å². The SMILES string of the molecule is C1=CC(=C2c3ccccc3[N-]c3ccccc32)C=C1.[Fe+2].c1cc[cH-]c1. The van der Waals surface area contributed by atoms with E-state index < -0.39 is 0 Å². The standard InChI is InChI=1S/C18H12N.C5H5.Fe/c1-2-8-13(7-1)18-14-9-3-5-11-16(14)19-17-12-6-4-10-15(17)18;1-2-4-5-3-1;/h1-12H;1-5H;/q2*-1;+2. The van der Waals surface area contributed by atoms with Crippen LogP contribution < -0.4 is 0 Å². The van der Waals surface area contributed by atoms with Gasteiger partial charge in [-0.1, -0.05) is 72.8 Å². The van der Waals surface area contributed by atoms with Gasteiger partial charge >= 0.3 is 17.1 Å². The topological polar surface area (TPSA) is 14.1 Å². The second kappa shape index (κ2) is 7.94. The Kier molecular flexibility index (Phi) is 5.45. The molecule has 0 N–H and O–H groups in total.